The molecule has 0 fully saturated rings. The number of benzene rings is 1. The smallest absolute Gasteiger partial charge is 0.276 e. The summed E-state index contributed by atoms with van der Waals surface area (Å²) >= 11 is 0. The molecule has 7 heteroatoms. The molecule has 1 aliphatic rings. The molecule has 0 bridgehead atoms. The summed E-state index contributed by atoms with van der Waals surface area (Å²) in [7, 11) is 0. The number of carbonyl (C=O) groups excluding carboxylic acids is 1. The molecular formula is C18H18FN5O. The first kappa shape index (κ1) is 15.6. The van der Waals surface area contributed by atoms with Crippen molar-refractivity contribution >= 4 is 11.6 Å². The van der Waals surface area contributed by atoms with Crippen molar-refractivity contribution in [2.75, 3.05) is 4.90 Å². The van der Waals surface area contributed by atoms with Gasteiger partial charge in [-0.15, -0.1) is 0 Å². The fraction of sp³-hybridized carbons (Fsp3) is 0.278. The molecule has 1 aliphatic heterocycles. The van der Waals surface area contributed by atoms with E-state index in [-0.39, 0.29) is 18.3 Å². The Balaban J connectivity index is 1.72. The number of amides is 1. The maximum absolute atomic E-state index is 13.7. The highest BCUT2D eigenvalue weighted by Gasteiger charge is 2.25. The Hall–Kier alpha value is -2.96. The second-order valence-electron chi connectivity index (χ2n) is 6.08. The molecule has 0 radical (unpaired) electrons. The molecule has 6 nitrogen and oxygen atoms in total. The van der Waals surface area contributed by atoms with Crippen LogP contribution in [-0.4, -0.2) is 25.4 Å². The highest BCUT2D eigenvalue weighted by Crippen LogP contribution is 2.23. The molecule has 0 saturated carbocycles. The number of aromatic nitrogens is 4. The second-order valence-corrected chi connectivity index (χ2v) is 6.08. The van der Waals surface area contributed by atoms with Gasteiger partial charge >= 0.3 is 0 Å². The molecule has 0 aliphatic carbocycles. The fourth-order valence-corrected chi connectivity index (χ4v) is 3.18. The van der Waals surface area contributed by atoms with Crippen LogP contribution in [0, 0.1) is 5.82 Å². The third kappa shape index (κ3) is 3.05. The van der Waals surface area contributed by atoms with E-state index in [0.29, 0.717) is 17.2 Å². The van der Waals surface area contributed by atoms with Gasteiger partial charge in [-0.2, -0.15) is 0 Å². The van der Waals surface area contributed by atoms with E-state index in [0.717, 1.165) is 31.6 Å². The van der Waals surface area contributed by atoms with E-state index in [4.69, 9.17) is 0 Å². The van der Waals surface area contributed by atoms with Crippen LogP contribution >= 0.6 is 0 Å². The van der Waals surface area contributed by atoms with Gasteiger partial charge in [-0.05, 0) is 31.0 Å². The van der Waals surface area contributed by atoms with Crippen LogP contribution in [0.1, 0.15) is 35.0 Å². The van der Waals surface area contributed by atoms with Crippen molar-refractivity contribution < 1.29 is 9.18 Å². The monoisotopic (exact) mass is 339 g/mol. The third-order valence-electron chi connectivity index (χ3n) is 4.42. The van der Waals surface area contributed by atoms with Crippen LogP contribution in [0.4, 0.5) is 10.1 Å². The summed E-state index contributed by atoms with van der Waals surface area (Å²) in [5, 5.41) is 0. The number of H-pyrrole nitrogens is 1. The normalized spacial score (nSPS) is 13.5. The number of hydrogen-bond acceptors (Lipinski definition) is 3. The van der Waals surface area contributed by atoms with Crippen LogP contribution in [-0.2, 0) is 19.5 Å². The molecule has 1 amide bonds. The molecule has 3 heterocycles. The van der Waals surface area contributed by atoms with Gasteiger partial charge in [-0.25, -0.2) is 14.4 Å². The number of aromatic amines is 1. The van der Waals surface area contributed by atoms with Crippen molar-refractivity contribution in [1.29, 1.82) is 0 Å². The van der Waals surface area contributed by atoms with E-state index >= 15 is 0 Å². The van der Waals surface area contributed by atoms with Gasteiger partial charge in [0.25, 0.3) is 5.91 Å². The predicted molar refractivity (Wildman–Crippen MR) is 90.7 cm³/mol. The highest BCUT2D eigenvalue weighted by molar-refractivity contribution is 6.04. The standard InChI is InChI=1S/C18H18FN5O/c19-13-4-3-5-14(10-13)24(12-16-20-7-8-21-16)18(25)15-11-22-17-6-1-2-9-23(15)17/h3-5,7-8,10-11H,1-2,6,9,12H2,(H,20,21). The van der Waals surface area contributed by atoms with E-state index in [1.807, 2.05) is 4.57 Å². The summed E-state index contributed by atoms with van der Waals surface area (Å²) in [4.78, 5) is 26.3. The van der Waals surface area contributed by atoms with Crippen LogP contribution in [0.25, 0.3) is 0 Å². The van der Waals surface area contributed by atoms with Crippen LogP contribution in [0.15, 0.2) is 42.9 Å². The van der Waals surface area contributed by atoms with Crippen LogP contribution < -0.4 is 4.90 Å². The Morgan fingerprint density at radius 1 is 1.32 bits per heavy atom. The number of fused-ring (bicyclic) bond motifs is 1. The number of hydrogen-bond donors (Lipinski definition) is 1. The SMILES string of the molecule is O=C(c1cnc2n1CCCC2)N(Cc1ncc[nH]1)c1cccc(F)c1. The number of imidazole rings is 2. The molecule has 0 atom stereocenters. The molecule has 1 N–H and O–H groups in total. The van der Waals surface area contributed by atoms with Gasteiger partial charge in [0.1, 0.15) is 23.2 Å². The molecule has 0 unspecified atom stereocenters. The number of anilines is 1. The largest absolute Gasteiger partial charge is 0.347 e. The molecule has 0 saturated heterocycles. The summed E-state index contributed by atoms with van der Waals surface area (Å²) in [6, 6.07) is 6.03. The van der Waals surface area contributed by atoms with Crippen molar-refractivity contribution in [3.63, 3.8) is 0 Å². The summed E-state index contributed by atoms with van der Waals surface area (Å²) in [6.07, 6.45) is 7.95. The number of carbonyl (C=O) groups is 1. The second kappa shape index (κ2) is 6.51. The Kier molecular flexibility index (Phi) is 4.05. The van der Waals surface area contributed by atoms with Gasteiger partial charge in [0, 0.05) is 31.0 Å². The Bertz CT molecular complexity index is 887. The molecule has 1 aromatic carbocycles. The number of nitrogens with one attached hydrogen (secondary N) is 1. The van der Waals surface area contributed by atoms with E-state index in [1.54, 1.807) is 30.7 Å². The quantitative estimate of drug-likeness (QED) is 0.795. The van der Waals surface area contributed by atoms with E-state index in [1.165, 1.54) is 17.0 Å². The van der Waals surface area contributed by atoms with E-state index in [9.17, 15) is 9.18 Å². The maximum Gasteiger partial charge on any atom is 0.276 e. The van der Waals surface area contributed by atoms with Gasteiger partial charge in [0.2, 0.25) is 0 Å². The molecule has 0 spiro atoms. The molecule has 3 aromatic rings. The zero-order valence-electron chi connectivity index (χ0n) is 13.7. The average molecular weight is 339 g/mol. The van der Waals surface area contributed by atoms with Crippen LogP contribution in [0.2, 0.25) is 0 Å². The molecule has 4 rings (SSSR count). The molecular weight excluding hydrogens is 321 g/mol. The van der Waals surface area contributed by atoms with Crippen LogP contribution in [0.3, 0.4) is 0 Å². The molecule has 2 aromatic heterocycles. The maximum atomic E-state index is 13.7. The minimum absolute atomic E-state index is 0.206. The van der Waals surface area contributed by atoms with Crippen molar-refractivity contribution in [2.45, 2.75) is 32.4 Å². The van der Waals surface area contributed by atoms with E-state index in [2.05, 4.69) is 15.0 Å². The van der Waals surface area contributed by atoms with Gasteiger partial charge in [-0.3, -0.25) is 9.69 Å². The summed E-state index contributed by atoms with van der Waals surface area (Å²) in [6.45, 7) is 1.02. The summed E-state index contributed by atoms with van der Waals surface area (Å²) in [5.74, 6) is 0.982. The number of aryl methyl sites for hydroxylation is 1. The van der Waals surface area contributed by atoms with Crippen molar-refractivity contribution in [2.24, 2.45) is 0 Å². The first-order valence-electron chi connectivity index (χ1n) is 8.32. The first-order chi connectivity index (χ1) is 12.2. The zero-order chi connectivity index (χ0) is 17.2. The summed E-state index contributed by atoms with van der Waals surface area (Å²) < 4.78 is 15.7. The van der Waals surface area contributed by atoms with Gasteiger partial charge in [0.15, 0.2) is 0 Å². The van der Waals surface area contributed by atoms with Gasteiger partial charge in [0.05, 0.1) is 12.7 Å². The first-order valence-corrected chi connectivity index (χ1v) is 8.32. The summed E-state index contributed by atoms with van der Waals surface area (Å²) in [5.41, 5.74) is 1.03. The topological polar surface area (TPSA) is 66.8 Å². The zero-order valence-corrected chi connectivity index (χ0v) is 13.7. The highest BCUT2D eigenvalue weighted by atomic mass is 19.1. The van der Waals surface area contributed by atoms with Crippen molar-refractivity contribution in [1.82, 2.24) is 19.5 Å². The van der Waals surface area contributed by atoms with Crippen molar-refractivity contribution in [3.8, 4) is 0 Å². The van der Waals surface area contributed by atoms with Crippen LogP contribution in [0.5, 0.6) is 0 Å². The predicted octanol–water partition coefficient (Wildman–Crippen LogP) is 2.93. The lowest BCUT2D eigenvalue weighted by Gasteiger charge is -2.23. The minimum Gasteiger partial charge on any atom is -0.347 e. The lowest BCUT2D eigenvalue weighted by Crippen LogP contribution is -2.33. The Morgan fingerprint density at radius 2 is 2.24 bits per heavy atom. The lowest BCUT2D eigenvalue weighted by atomic mass is 10.1. The minimum atomic E-state index is -0.384. The number of halogens is 1. The average Bonchev–Trinajstić information content (AvgIpc) is 3.28. The van der Waals surface area contributed by atoms with E-state index < -0.39 is 0 Å². The van der Waals surface area contributed by atoms with Gasteiger partial charge in [-0.1, -0.05) is 6.07 Å². The van der Waals surface area contributed by atoms with Gasteiger partial charge < -0.3 is 9.55 Å². The molecule has 25 heavy (non-hydrogen) atoms. The lowest BCUT2D eigenvalue weighted by molar-refractivity contribution is 0.0974. The molecule has 128 valence electrons. The fourth-order valence-electron chi connectivity index (χ4n) is 3.18. The number of nitrogens with zero attached hydrogens (tertiary/aromatic N) is 4. The Morgan fingerprint density at radius 3 is 3.04 bits per heavy atom. The Labute approximate surface area is 144 Å². The third-order valence-corrected chi connectivity index (χ3v) is 4.42. The van der Waals surface area contributed by atoms with Crippen molar-refractivity contribution in [3.05, 3.63) is 66.0 Å². The number of rotatable bonds is 4.